The standard InChI is InChI=1S/C17H24N2O4S2/c1-23-16(20)15-13-8-9-18-11-14(13)24-17(15)25(21,22)19-10-7-12-5-3-2-4-6-12/h5,18-19H,2-4,6-11H2,1H3. The van der Waals surface area contributed by atoms with Gasteiger partial charge in [0, 0.05) is 18.0 Å². The first-order valence-corrected chi connectivity index (χ1v) is 10.9. The quantitative estimate of drug-likeness (QED) is 0.581. The summed E-state index contributed by atoms with van der Waals surface area (Å²) in [6.45, 7) is 1.68. The van der Waals surface area contributed by atoms with Crippen molar-refractivity contribution in [3.05, 3.63) is 27.7 Å². The highest BCUT2D eigenvalue weighted by Crippen LogP contribution is 2.34. The fourth-order valence-electron chi connectivity index (χ4n) is 3.35. The molecule has 0 amide bonds. The van der Waals surface area contributed by atoms with E-state index in [0.29, 0.717) is 19.5 Å². The Labute approximate surface area is 152 Å². The van der Waals surface area contributed by atoms with Gasteiger partial charge in [0.15, 0.2) is 0 Å². The second-order valence-electron chi connectivity index (χ2n) is 6.34. The summed E-state index contributed by atoms with van der Waals surface area (Å²) in [6.07, 6.45) is 8.10. The lowest BCUT2D eigenvalue weighted by atomic mass is 9.97. The lowest BCUT2D eigenvalue weighted by molar-refractivity contribution is 0.0596. The molecule has 1 aromatic heterocycles. The zero-order valence-electron chi connectivity index (χ0n) is 14.4. The third kappa shape index (κ3) is 4.13. The second kappa shape index (κ2) is 7.99. The highest BCUT2D eigenvalue weighted by Gasteiger charge is 2.32. The van der Waals surface area contributed by atoms with E-state index >= 15 is 0 Å². The molecule has 1 aliphatic heterocycles. The number of hydrogen-bond donors (Lipinski definition) is 2. The summed E-state index contributed by atoms with van der Waals surface area (Å²) < 4.78 is 33.2. The Balaban J connectivity index is 1.80. The van der Waals surface area contributed by atoms with Crippen LogP contribution >= 0.6 is 11.3 Å². The lowest BCUT2D eigenvalue weighted by Crippen LogP contribution is -2.27. The summed E-state index contributed by atoms with van der Waals surface area (Å²) in [6, 6.07) is 0. The molecule has 0 fully saturated rings. The van der Waals surface area contributed by atoms with Crippen LogP contribution in [0.25, 0.3) is 0 Å². The number of rotatable bonds is 6. The van der Waals surface area contributed by atoms with Gasteiger partial charge in [0.2, 0.25) is 0 Å². The number of carbonyl (C=O) groups excluding carboxylic acids is 1. The fourth-order valence-corrected chi connectivity index (χ4v) is 6.28. The molecule has 0 saturated heterocycles. The van der Waals surface area contributed by atoms with E-state index < -0.39 is 16.0 Å². The number of ether oxygens (including phenoxy) is 1. The average Bonchev–Trinajstić information content (AvgIpc) is 3.02. The SMILES string of the molecule is COC(=O)c1c(S(=O)(=O)NCCC2=CCCCC2)sc2c1CCNC2. The zero-order valence-corrected chi connectivity index (χ0v) is 16.0. The number of thiophene rings is 1. The molecular weight excluding hydrogens is 360 g/mol. The summed E-state index contributed by atoms with van der Waals surface area (Å²) in [5.74, 6) is -0.574. The van der Waals surface area contributed by atoms with Crippen LogP contribution < -0.4 is 10.0 Å². The first kappa shape index (κ1) is 18.6. The molecule has 6 nitrogen and oxygen atoms in total. The van der Waals surface area contributed by atoms with Crippen molar-refractivity contribution >= 4 is 27.3 Å². The molecule has 1 aromatic rings. The number of esters is 1. The maximum atomic E-state index is 12.8. The van der Waals surface area contributed by atoms with Crippen LogP contribution in [0.2, 0.25) is 0 Å². The molecule has 0 atom stereocenters. The summed E-state index contributed by atoms with van der Waals surface area (Å²) in [5, 5.41) is 3.21. The third-order valence-electron chi connectivity index (χ3n) is 4.65. The first-order chi connectivity index (χ1) is 12.0. The van der Waals surface area contributed by atoms with Gasteiger partial charge in [-0.05, 0) is 50.6 Å². The highest BCUT2D eigenvalue weighted by atomic mass is 32.2. The number of carbonyl (C=O) groups is 1. The van der Waals surface area contributed by atoms with Gasteiger partial charge in [0.05, 0.1) is 12.7 Å². The van der Waals surface area contributed by atoms with Crippen molar-refractivity contribution in [1.29, 1.82) is 0 Å². The second-order valence-corrected chi connectivity index (χ2v) is 9.41. The van der Waals surface area contributed by atoms with Crippen LogP contribution in [-0.4, -0.2) is 34.6 Å². The summed E-state index contributed by atoms with van der Waals surface area (Å²) in [5.41, 5.74) is 2.34. The van der Waals surface area contributed by atoms with Crippen molar-refractivity contribution in [3.63, 3.8) is 0 Å². The van der Waals surface area contributed by atoms with Gasteiger partial charge in [0.1, 0.15) is 4.21 Å². The molecule has 0 unspecified atom stereocenters. The molecule has 8 heteroatoms. The van der Waals surface area contributed by atoms with Gasteiger partial charge in [-0.15, -0.1) is 11.3 Å². The van der Waals surface area contributed by atoms with Gasteiger partial charge < -0.3 is 10.1 Å². The Morgan fingerprint density at radius 3 is 2.92 bits per heavy atom. The predicted octanol–water partition coefficient (Wildman–Crippen LogP) is 2.35. The van der Waals surface area contributed by atoms with Crippen molar-refractivity contribution in [2.75, 3.05) is 20.2 Å². The van der Waals surface area contributed by atoms with E-state index in [9.17, 15) is 13.2 Å². The minimum atomic E-state index is -3.73. The molecule has 0 bridgehead atoms. The van der Waals surface area contributed by atoms with Gasteiger partial charge in [-0.3, -0.25) is 0 Å². The van der Waals surface area contributed by atoms with Crippen molar-refractivity contribution in [2.24, 2.45) is 0 Å². The molecule has 3 rings (SSSR count). The zero-order chi connectivity index (χ0) is 17.9. The number of sulfonamides is 1. The molecule has 0 spiro atoms. The molecule has 2 N–H and O–H groups in total. The van der Waals surface area contributed by atoms with Crippen molar-refractivity contribution < 1.29 is 17.9 Å². The third-order valence-corrected chi connectivity index (χ3v) is 7.86. The number of fused-ring (bicyclic) bond motifs is 1. The fraction of sp³-hybridized carbons (Fsp3) is 0.588. The largest absolute Gasteiger partial charge is 0.465 e. The van der Waals surface area contributed by atoms with E-state index in [-0.39, 0.29) is 9.77 Å². The van der Waals surface area contributed by atoms with E-state index in [1.165, 1.54) is 36.9 Å². The van der Waals surface area contributed by atoms with Crippen molar-refractivity contribution in [1.82, 2.24) is 10.0 Å². The molecule has 0 saturated carbocycles. The number of allylic oxidation sites excluding steroid dienone is 1. The van der Waals surface area contributed by atoms with Crippen LogP contribution in [0.1, 0.15) is 52.9 Å². The minimum absolute atomic E-state index is 0.0886. The van der Waals surface area contributed by atoms with Crippen LogP contribution in [0.3, 0.4) is 0 Å². The Hall–Kier alpha value is -1.22. The van der Waals surface area contributed by atoms with Gasteiger partial charge in [-0.25, -0.2) is 17.9 Å². The normalized spacial score (nSPS) is 17.7. The highest BCUT2D eigenvalue weighted by molar-refractivity contribution is 7.91. The Morgan fingerprint density at radius 2 is 2.20 bits per heavy atom. The maximum absolute atomic E-state index is 12.8. The van der Waals surface area contributed by atoms with Crippen molar-refractivity contribution in [3.8, 4) is 0 Å². The Kier molecular flexibility index (Phi) is 5.93. The van der Waals surface area contributed by atoms with Gasteiger partial charge in [-0.2, -0.15) is 0 Å². The molecule has 2 aliphatic rings. The number of nitrogens with one attached hydrogen (secondary N) is 2. The van der Waals surface area contributed by atoms with E-state index in [4.69, 9.17) is 4.74 Å². The summed E-state index contributed by atoms with van der Waals surface area (Å²) >= 11 is 1.17. The smallest absolute Gasteiger partial charge is 0.340 e. The van der Waals surface area contributed by atoms with Crippen LogP contribution in [0, 0.1) is 0 Å². The molecule has 138 valence electrons. The Bertz CT molecular complexity index is 781. The maximum Gasteiger partial charge on any atom is 0.340 e. The lowest BCUT2D eigenvalue weighted by Gasteiger charge is -2.14. The molecule has 25 heavy (non-hydrogen) atoms. The van der Waals surface area contributed by atoms with Crippen molar-refractivity contribution in [2.45, 2.75) is 49.3 Å². The van der Waals surface area contributed by atoms with Crippen LogP contribution in [0.15, 0.2) is 15.9 Å². The monoisotopic (exact) mass is 384 g/mol. The molecule has 0 radical (unpaired) electrons. The minimum Gasteiger partial charge on any atom is -0.465 e. The molecule has 0 aromatic carbocycles. The van der Waals surface area contributed by atoms with Crippen LogP contribution in [0.5, 0.6) is 0 Å². The Morgan fingerprint density at radius 1 is 1.36 bits per heavy atom. The topological polar surface area (TPSA) is 84.5 Å². The number of hydrogen-bond acceptors (Lipinski definition) is 6. The van der Waals surface area contributed by atoms with Gasteiger partial charge in [-0.1, -0.05) is 11.6 Å². The van der Waals surface area contributed by atoms with Gasteiger partial charge >= 0.3 is 5.97 Å². The summed E-state index contributed by atoms with van der Waals surface area (Å²) in [7, 11) is -2.44. The van der Waals surface area contributed by atoms with E-state index in [2.05, 4.69) is 16.1 Å². The summed E-state index contributed by atoms with van der Waals surface area (Å²) in [4.78, 5) is 13.1. The number of methoxy groups -OCH3 is 1. The van der Waals surface area contributed by atoms with E-state index in [0.717, 1.165) is 36.2 Å². The first-order valence-electron chi connectivity index (χ1n) is 8.64. The van der Waals surface area contributed by atoms with E-state index in [1.807, 2.05) is 0 Å². The van der Waals surface area contributed by atoms with E-state index in [1.54, 1.807) is 0 Å². The van der Waals surface area contributed by atoms with Crippen LogP contribution in [-0.2, 0) is 27.7 Å². The molecular formula is C17H24N2O4S2. The molecule has 2 heterocycles. The molecule has 1 aliphatic carbocycles. The average molecular weight is 385 g/mol. The predicted molar refractivity (Wildman–Crippen MR) is 97.4 cm³/mol. The van der Waals surface area contributed by atoms with Gasteiger partial charge in [0.25, 0.3) is 10.0 Å². The van der Waals surface area contributed by atoms with Crippen LogP contribution in [0.4, 0.5) is 0 Å².